The van der Waals surface area contributed by atoms with Crippen LogP contribution in [0.15, 0.2) is 36.6 Å². The molecular formula is C11H17NO. The fourth-order valence-corrected chi connectivity index (χ4v) is 1.45. The molecule has 0 bridgehead atoms. The highest BCUT2D eigenvalue weighted by Crippen LogP contribution is 2.13. The van der Waals surface area contributed by atoms with E-state index in [1.807, 2.05) is 12.2 Å². The Hall–Kier alpha value is -1.02. The minimum atomic E-state index is 0.807. The van der Waals surface area contributed by atoms with E-state index >= 15 is 0 Å². The summed E-state index contributed by atoms with van der Waals surface area (Å²) in [5.41, 5.74) is 2.36. The zero-order valence-corrected chi connectivity index (χ0v) is 8.25. The maximum Gasteiger partial charge on any atom is 0.0642 e. The second kappa shape index (κ2) is 4.87. The van der Waals surface area contributed by atoms with Crippen molar-refractivity contribution in [3.8, 4) is 0 Å². The van der Waals surface area contributed by atoms with Crippen molar-refractivity contribution in [1.82, 2.24) is 4.90 Å². The fourth-order valence-electron chi connectivity index (χ4n) is 1.45. The second-order valence-corrected chi connectivity index (χ2v) is 3.08. The SMILES string of the molecule is C=C/C(C)=C(\C=C)N1CCOCC1. The highest BCUT2D eigenvalue weighted by atomic mass is 16.5. The molecule has 0 radical (unpaired) electrons. The van der Waals surface area contributed by atoms with E-state index in [1.165, 1.54) is 11.3 Å². The predicted molar refractivity (Wildman–Crippen MR) is 55.5 cm³/mol. The molecule has 72 valence electrons. The maximum atomic E-state index is 5.28. The summed E-state index contributed by atoms with van der Waals surface area (Å²) >= 11 is 0. The smallest absolute Gasteiger partial charge is 0.0642 e. The van der Waals surface area contributed by atoms with E-state index in [0.29, 0.717) is 0 Å². The van der Waals surface area contributed by atoms with E-state index in [4.69, 9.17) is 4.74 Å². The van der Waals surface area contributed by atoms with Crippen LogP contribution in [-0.2, 0) is 4.74 Å². The van der Waals surface area contributed by atoms with Gasteiger partial charge in [0.1, 0.15) is 0 Å². The molecule has 1 heterocycles. The summed E-state index contributed by atoms with van der Waals surface area (Å²) in [4.78, 5) is 2.29. The van der Waals surface area contributed by atoms with Crippen molar-refractivity contribution in [3.63, 3.8) is 0 Å². The predicted octanol–water partition coefficient (Wildman–Crippen LogP) is 1.96. The van der Waals surface area contributed by atoms with Gasteiger partial charge in [0, 0.05) is 18.8 Å². The molecule has 0 N–H and O–H groups in total. The maximum absolute atomic E-state index is 5.28. The van der Waals surface area contributed by atoms with Gasteiger partial charge < -0.3 is 9.64 Å². The number of ether oxygens (including phenoxy) is 1. The standard InChI is InChI=1S/C11H17NO/c1-4-10(3)11(5-2)12-6-8-13-9-7-12/h4-5H,1-2,6-9H2,3H3/b11-10+. The van der Waals surface area contributed by atoms with Crippen LogP contribution in [-0.4, -0.2) is 31.2 Å². The van der Waals surface area contributed by atoms with Crippen LogP contribution >= 0.6 is 0 Å². The summed E-state index contributed by atoms with van der Waals surface area (Å²) in [7, 11) is 0. The lowest BCUT2D eigenvalue weighted by atomic mass is 10.2. The average Bonchev–Trinajstić information content (AvgIpc) is 2.20. The Morgan fingerprint density at radius 1 is 1.23 bits per heavy atom. The summed E-state index contributed by atoms with van der Waals surface area (Å²) in [6.07, 6.45) is 3.76. The second-order valence-electron chi connectivity index (χ2n) is 3.08. The highest BCUT2D eigenvalue weighted by Gasteiger charge is 2.12. The molecule has 0 aromatic heterocycles. The first-order valence-electron chi connectivity index (χ1n) is 4.58. The summed E-state index contributed by atoms with van der Waals surface area (Å²) < 4.78 is 5.28. The molecule has 0 atom stereocenters. The van der Waals surface area contributed by atoms with Gasteiger partial charge in [0.2, 0.25) is 0 Å². The van der Waals surface area contributed by atoms with Gasteiger partial charge in [-0.05, 0) is 18.6 Å². The van der Waals surface area contributed by atoms with Crippen molar-refractivity contribution < 1.29 is 4.74 Å². The van der Waals surface area contributed by atoms with Crippen LogP contribution in [0.2, 0.25) is 0 Å². The Morgan fingerprint density at radius 2 is 1.85 bits per heavy atom. The van der Waals surface area contributed by atoms with Gasteiger partial charge in [0.15, 0.2) is 0 Å². The van der Waals surface area contributed by atoms with Crippen molar-refractivity contribution in [2.24, 2.45) is 0 Å². The molecule has 0 saturated carbocycles. The van der Waals surface area contributed by atoms with Gasteiger partial charge in [0.05, 0.1) is 13.2 Å². The molecule has 0 aromatic carbocycles. The van der Waals surface area contributed by atoms with Crippen molar-refractivity contribution in [3.05, 3.63) is 36.6 Å². The number of hydrogen-bond donors (Lipinski definition) is 0. The summed E-state index contributed by atoms with van der Waals surface area (Å²) in [5, 5.41) is 0. The molecule has 1 aliphatic heterocycles. The zero-order chi connectivity index (χ0) is 9.68. The lowest BCUT2D eigenvalue weighted by Crippen LogP contribution is -2.35. The molecule has 2 nitrogen and oxygen atoms in total. The van der Waals surface area contributed by atoms with Crippen molar-refractivity contribution in [1.29, 1.82) is 0 Å². The van der Waals surface area contributed by atoms with Gasteiger partial charge >= 0.3 is 0 Å². The van der Waals surface area contributed by atoms with Crippen LogP contribution in [0.1, 0.15) is 6.92 Å². The van der Waals surface area contributed by atoms with Gasteiger partial charge in [-0.3, -0.25) is 0 Å². The van der Waals surface area contributed by atoms with E-state index < -0.39 is 0 Å². The van der Waals surface area contributed by atoms with Crippen molar-refractivity contribution in [2.45, 2.75) is 6.92 Å². The lowest BCUT2D eigenvalue weighted by Gasteiger charge is -2.30. The first kappa shape index (κ1) is 10.1. The first-order valence-corrected chi connectivity index (χ1v) is 4.58. The Bertz CT molecular complexity index is 224. The number of rotatable bonds is 3. The summed E-state index contributed by atoms with van der Waals surface area (Å²) in [6.45, 7) is 13.1. The molecule has 0 aliphatic carbocycles. The molecule has 0 amide bonds. The third-order valence-corrected chi connectivity index (χ3v) is 2.26. The number of allylic oxidation sites excluding steroid dienone is 3. The molecule has 1 fully saturated rings. The highest BCUT2D eigenvalue weighted by molar-refractivity contribution is 5.28. The van der Waals surface area contributed by atoms with E-state index in [2.05, 4.69) is 25.0 Å². The summed E-state index contributed by atoms with van der Waals surface area (Å²) in [5.74, 6) is 0. The van der Waals surface area contributed by atoms with E-state index in [1.54, 1.807) is 0 Å². The van der Waals surface area contributed by atoms with Gasteiger partial charge in [-0.2, -0.15) is 0 Å². The molecule has 1 saturated heterocycles. The molecule has 0 unspecified atom stereocenters. The van der Waals surface area contributed by atoms with Crippen LogP contribution in [0.25, 0.3) is 0 Å². The van der Waals surface area contributed by atoms with Crippen LogP contribution in [0.4, 0.5) is 0 Å². The van der Waals surface area contributed by atoms with Crippen LogP contribution < -0.4 is 0 Å². The van der Waals surface area contributed by atoms with Gasteiger partial charge in [-0.1, -0.05) is 19.2 Å². The minimum Gasteiger partial charge on any atom is -0.378 e. The topological polar surface area (TPSA) is 12.5 Å². The van der Waals surface area contributed by atoms with Crippen molar-refractivity contribution in [2.75, 3.05) is 26.3 Å². The number of nitrogens with zero attached hydrogens (tertiary/aromatic N) is 1. The number of morpholine rings is 1. The van der Waals surface area contributed by atoms with Gasteiger partial charge in [-0.15, -0.1) is 0 Å². The normalized spacial score (nSPS) is 19.3. The molecule has 1 rings (SSSR count). The van der Waals surface area contributed by atoms with E-state index in [9.17, 15) is 0 Å². The quantitative estimate of drug-likeness (QED) is 0.614. The molecule has 2 heteroatoms. The minimum absolute atomic E-state index is 0.807. The van der Waals surface area contributed by atoms with Crippen LogP contribution in [0.3, 0.4) is 0 Å². The Labute approximate surface area is 80.2 Å². The van der Waals surface area contributed by atoms with Gasteiger partial charge in [0.25, 0.3) is 0 Å². The lowest BCUT2D eigenvalue weighted by molar-refractivity contribution is 0.0551. The Balaban J connectivity index is 2.75. The first-order chi connectivity index (χ1) is 6.29. The van der Waals surface area contributed by atoms with Crippen molar-refractivity contribution >= 4 is 0 Å². The average molecular weight is 179 g/mol. The van der Waals surface area contributed by atoms with E-state index in [0.717, 1.165) is 26.3 Å². The largest absolute Gasteiger partial charge is 0.378 e. The van der Waals surface area contributed by atoms with Crippen LogP contribution in [0.5, 0.6) is 0 Å². The zero-order valence-electron chi connectivity index (χ0n) is 8.25. The molecule has 0 aromatic rings. The monoisotopic (exact) mass is 179 g/mol. The third kappa shape index (κ3) is 2.46. The molecule has 1 aliphatic rings. The third-order valence-electron chi connectivity index (χ3n) is 2.26. The van der Waals surface area contributed by atoms with E-state index in [-0.39, 0.29) is 0 Å². The molecule has 0 spiro atoms. The van der Waals surface area contributed by atoms with Crippen LogP contribution in [0, 0.1) is 0 Å². The Kier molecular flexibility index (Phi) is 3.77. The molecule has 13 heavy (non-hydrogen) atoms. The summed E-state index contributed by atoms with van der Waals surface area (Å²) in [6, 6.07) is 0. The molecular weight excluding hydrogens is 162 g/mol. The Morgan fingerprint density at radius 3 is 2.31 bits per heavy atom. The number of hydrogen-bond acceptors (Lipinski definition) is 2. The fraction of sp³-hybridized carbons (Fsp3) is 0.455. The van der Waals surface area contributed by atoms with Gasteiger partial charge in [-0.25, -0.2) is 0 Å².